The zero-order chi connectivity index (χ0) is 12.7. The van der Waals surface area contributed by atoms with Gasteiger partial charge in [0.1, 0.15) is 0 Å². The van der Waals surface area contributed by atoms with Crippen LogP contribution in [0.15, 0.2) is 0 Å². The molecule has 0 bridgehead atoms. The normalized spacial score (nSPS) is 23.2. The summed E-state index contributed by atoms with van der Waals surface area (Å²) in [4.78, 5) is 2.48. The van der Waals surface area contributed by atoms with E-state index in [1.54, 1.807) is 0 Å². The Balaban J connectivity index is 2.55. The van der Waals surface area contributed by atoms with Crippen molar-refractivity contribution in [3.05, 3.63) is 0 Å². The summed E-state index contributed by atoms with van der Waals surface area (Å²) in [6.07, 6.45) is 1.15. The molecule has 1 N–H and O–H groups in total. The third-order valence-corrected chi connectivity index (χ3v) is 3.27. The first-order valence-electron chi connectivity index (χ1n) is 6.67. The predicted octanol–water partition coefficient (Wildman–Crippen LogP) is 1.49. The summed E-state index contributed by atoms with van der Waals surface area (Å²) in [6.45, 7) is 12.4. The van der Waals surface area contributed by atoms with Gasteiger partial charge in [-0.25, -0.2) is 0 Å². The van der Waals surface area contributed by atoms with Crippen molar-refractivity contribution in [3.8, 4) is 11.8 Å². The summed E-state index contributed by atoms with van der Waals surface area (Å²) in [6, 6.07) is 0.954. The van der Waals surface area contributed by atoms with Crippen LogP contribution < -0.4 is 5.32 Å². The van der Waals surface area contributed by atoms with Crippen LogP contribution in [0.3, 0.4) is 0 Å². The minimum atomic E-state index is 0.270. The SMILES string of the molecule is CC#CCC(NCC)C1CN(C(C)C)CCO1. The zero-order valence-electron chi connectivity index (χ0n) is 11.6. The van der Waals surface area contributed by atoms with E-state index in [-0.39, 0.29) is 6.10 Å². The Labute approximate surface area is 106 Å². The molecule has 17 heavy (non-hydrogen) atoms. The molecule has 0 spiro atoms. The van der Waals surface area contributed by atoms with E-state index in [0.717, 1.165) is 32.7 Å². The molecule has 0 amide bonds. The number of nitrogens with zero attached hydrogens (tertiary/aromatic N) is 1. The van der Waals surface area contributed by atoms with Crippen molar-refractivity contribution in [2.45, 2.75) is 52.3 Å². The molecule has 0 saturated carbocycles. The number of rotatable bonds is 5. The van der Waals surface area contributed by atoms with Crippen molar-refractivity contribution in [2.24, 2.45) is 0 Å². The molecule has 2 unspecified atom stereocenters. The Hall–Kier alpha value is -0.560. The molecular formula is C14H26N2O. The van der Waals surface area contributed by atoms with Gasteiger partial charge in [-0.15, -0.1) is 11.8 Å². The summed E-state index contributed by atoms with van der Waals surface area (Å²) in [5, 5.41) is 3.49. The Morgan fingerprint density at radius 1 is 1.47 bits per heavy atom. The van der Waals surface area contributed by atoms with E-state index in [2.05, 4.69) is 42.8 Å². The first-order chi connectivity index (χ1) is 8.19. The summed E-state index contributed by atoms with van der Waals surface area (Å²) < 4.78 is 5.90. The molecule has 98 valence electrons. The van der Waals surface area contributed by atoms with E-state index >= 15 is 0 Å². The maximum Gasteiger partial charge on any atom is 0.0864 e. The van der Waals surface area contributed by atoms with Crippen LogP contribution in [0.25, 0.3) is 0 Å². The van der Waals surface area contributed by atoms with Crippen molar-refractivity contribution in [1.29, 1.82) is 0 Å². The first kappa shape index (κ1) is 14.5. The predicted molar refractivity (Wildman–Crippen MR) is 72.0 cm³/mol. The molecule has 0 aromatic carbocycles. The summed E-state index contributed by atoms with van der Waals surface area (Å²) in [5.74, 6) is 6.13. The number of likely N-dealkylation sites (N-methyl/N-ethyl adjacent to an activating group) is 1. The smallest absolute Gasteiger partial charge is 0.0864 e. The molecule has 3 heteroatoms. The van der Waals surface area contributed by atoms with E-state index in [4.69, 9.17) is 4.74 Å². The second-order valence-electron chi connectivity index (χ2n) is 4.79. The second-order valence-corrected chi connectivity index (χ2v) is 4.79. The van der Waals surface area contributed by atoms with Gasteiger partial charge in [0.2, 0.25) is 0 Å². The zero-order valence-corrected chi connectivity index (χ0v) is 11.6. The Morgan fingerprint density at radius 3 is 2.82 bits per heavy atom. The number of nitrogens with one attached hydrogen (secondary N) is 1. The fourth-order valence-electron chi connectivity index (χ4n) is 2.22. The van der Waals surface area contributed by atoms with Crippen molar-refractivity contribution in [2.75, 3.05) is 26.2 Å². The maximum atomic E-state index is 5.90. The van der Waals surface area contributed by atoms with Gasteiger partial charge in [0.15, 0.2) is 0 Å². The molecule has 3 nitrogen and oxygen atoms in total. The molecule has 1 fully saturated rings. The van der Waals surface area contributed by atoms with Crippen LogP contribution in [0.4, 0.5) is 0 Å². The van der Waals surface area contributed by atoms with E-state index in [1.807, 2.05) is 6.92 Å². The highest BCUT2D eigenvalue weighted by Gasteiger charge is 2.28. The lowest BCUT2D eigenvalue weighted by molar-refractivity contribution is -0.0543. The molecule has 0 aromatic heterocycles. The average Bonchev–Trinajstić information content (AvgIpc) is 2.34. The van der Waals surface area contributed by atoms with Gasteiger partial charge in [0.05, 0.1) is 12.7 Å². The molecule has 0 aromatic rings. The standard InChI is InChI=1S/C14H26N2O/c1-5-7-8-13(15-6-2)14-11-16(12(3)4)9-10-17-14/h12-15H,6,8-11H2,1-4H3. The fourth-order valence-corrected chi connectivity index (χ4v) is 2.22. The van der Waals surface area contributed by atoms with Gasteiger partial charge in [-0.3, -0.25) is 4.90 Å². The summed E-state index contributed by atoms with van der Waals surface area (Å²) in [7, 11) is 0. The molecule has 0 radical (unpaired) electrons. The highest BCUT2D eigenvalue weighted by Crippen LogP contribution is 2.13. The van der Waals surface area contributed by atoms with Gasteiger partial charge in [0, 0.05) is 31.6 Å². The lowest BCUT2D eigenvalue weighted by atomic mass is 10.0. The second kappa shape index (κ2) is 7.71. The molecular weight excluding hydrogens is 212 g/mol. The Kier molecular flexibility index (Phi) is 6.57. The third kappa shape index (κ3) is 4.67. The van der Waals surface area contributed by atoms with Crippen molar-refractivity contribution < 1.29 is 4.74 Å². The van der Waals surface area contributed by atoms with Crippen LogP contribution in [0, 0.1) is 11.8 Å². The average molecular weight is 238 g/mol. The van der Waals surface area contributed by atoms with Crippen LogP contribution in [0.1, 0.15) is 34.1 Å². The largest absolute Gasteiger partial charge is 0.374 e. The van der Waals surface area contributed by atoms with Gasteiger partial charge in [-0.05, 0) is 27.3 Å². The van der Waals surface area contributed by atoms with Gasteiger partial charge in [-0.2, -0.15) is 0 Å². The lowest BCUT2D eigenvalue weighted by Gasteiger charge is -2.38. The molecule has 1 saturated heterocycles. The quantitative estimate of drug-likeness (QED) is 0.734. The van der Waals surface area contributed by atoms with E-state index in [0.29, 0.717) is 12.1 Å². The van der Waals surface area contributed by atoms with Crippen molar-refractivity contribution >= 4 is 0 Å². The molecule has 2 atom stereocenters. The Bertz CT molecular complexity index is 267. The number of morpholine rings is 1. The monoisotopic (exact) mass is 238 g/mol. The highest BCUT2D eigenvalue weighted by molar-refractivity contribution is 5.00. The van der Waals surface area contributed by atoms with E-state index in [9.17, 15) is 0 Å². The Morgan fingerprint density at radius 2 is 2.24 bits per heavy atom. The number of hydrogen-bond acceptors (Lipinski definition) is 3. The summed E-state index contributed by atoms with van der Waals surface area (Å²) in [5.41, 5.74) is 0. The van der Waals surface area contributed by atoms with E-state index in [1.165, 1.54) is 0 Å². The molecule has 1 heterocycles. The van der Waals surface area contributed by atoms with Crippen molar-refractivity contribution in [3.63, 3.8) is 0 Å². The highest BCUT2D eigenvalue weighted by atomic mass is 16.5. The van der Waals surface area contributed by atoms with Crippen LogP contribution >= 0.6 is 0 Å². The van der Waals surface area contributed by atoms with Crippen LogP contribution in [-0.4, -0.2) is 49.3 Å². The topological polar surface area (TPSA) is 24.5 Å². The number of hydrogen-bond donors (Lipinski definition) is 1. The molecule has 1 rings (SSSR count). The number of ether oxygens (including phenoxy) is 1. The van der Waals surface area contributed by atoms with Gasteiger partial charge in [-0.1, -0.05) is 6.92 Å². The first-order valence-corrected chi connectivity index (χ1v) is 6.67. The maximum absolute atomic E-state index is 5.90. The van der Waals surface area contributed by atoms with Crippen LogP contribution in [-0.2, 0) is 4.74 Å². The summed E-state index contributed by atoms with van der Waals surface area (Å²) >= 11 is 0. The molecule has 1 aliphatic rings. The van der Waals surface area contributed by atoms with E-state index < -0.39 is 0 Å². The van der Waals surface area contributed by atoms with Crippen molar-refractivity contribution in [1.82, 2.24) is 10.2 Å². The third-order valence-electron chi connectivity index (χ3n) is 3.27. The minimum Gasteiger partial charge on any atom is -0.374 e. The fraction of sp³-hybridized carbons (Fsp3) is 0.857. The molecule has 0 aliphatic carbocycles. The van der Waals surface area contributed by atoms with Crippen LogP contribution in [0.2, 0.25) is 0 Å². The minimum absolute atomic E-state index is 0.270. The van der Waals surface area contributed by atoms with Gasteiger partial charge in [0.25, 0.3) is 0 Å². The lowest BCUT2D eigenvalue weighted by Crippen LogP contribution is -2.53. The van der Waals surface area contributed by atoms with Gasteiger partial charge < -0.3 is 10.1 Å². The molecule has 1 aliphatic heterocycles. The van der Waals surface area contributed by atoms with Crippen LogP contribution in [0.5, 0.6) is 0 Å². The van der Waals surface area contributed by atoms with Gasteiger partial charge >= 0.3 is 0 Å².